The minimum atomic E-state index is -0.589. The molecule has 0 aliphatic heterocycles. The van der Waals surface area contributed by atoms with Crippen molar-refractivity contribution in [1.29, 1.82) is 0 Å². The average Bonchev–Trinajstić information content (AvgIpc) is 2.97. The number of H-pyrrole nitrogens is 1. The Bertz CT molecular complexity index is 741. The number of anilines is 1. The molecular weight excluding hydrogens is 312 g/mol. The normalized spacial score (nSPS) is 10.5. The largest absolute Gasteiger partial charge is 0.362 e. The smallest absolute Gasteiger partial charge is 0.322 e. The molecule has 0 aromatic carbocycles. The first kappa shape index (κ1) is 17.4. The summed E-state index contributed by atoms with van der Waals surface area (Å²) in [5.41, 5.74) is 0.720. The molecule has 9 nitrogen and oxygen atoms in total. The Morgan fingerprint density at radius 3 is 2.83 bits per heavy atom. The van der Waals surface area contributed by atoms with Gasteiger partial charge < -0.3 is 10.2 Å². The lowest BCUT2D eigenvalue weighted by molar-refractivity contribution is -0.385. The Morgan fingerprint density at radius 2 is 2.21 bits per heavy atom. The lowest BCUT2D eigenvalue weighted by Gasteiger charge is -2.15. The SMILES string of the molecule is CCCc1[nH]nc(C(=O)NCc2cccnc2N(C)C)c1[N+](=O)[O-]. The highest BCUT2D eigenvalue weighted by Crippen LogP contribution is 2.22. The Hall–Kier alpha value is -2.97. The number of nitro groups is 1. The summed E-state index contributed by atoms with van der Waals surface area (Å²) in [5.74, 6) is 0.134. The van der Waals surface area contributed by atoms with E-state index in [1.807, 2.05) is 32.0 Å². The lowest BCUT2D eigenvalue weighted by atomic mass is 10.2. The van der Waals surface area contributed by atoms with Gasteiger partial charge in [-0.25, -0.2) is 4.98 Å². The molecule has 0 saturated heterocycles. The van der Waals surface area contributed by atoms with Gasteiger partial charge in [-0.3, -0.25) is 20.0 Å². The maximum absolute atomic E-state index is 12.3. The van der Waals surface area contributed by atoms with Crippen LogP contribution in [-0.2, 0) is 13.0 Å². The zero-order valence-electron chi connectivity index (χ0n) is 13.9. The predicted octanol–water partition coefficient (Wildman–Crippen LogP) is 1.66. The molecule has 2 N–H and O–H groups in total. The fourth-order valence-corrected chi connectivity index (χ4v) is 2.38. The van der Waals surface area contributed by atoms with E-state index in [0.29, 0.717) is 18.5 Å². The fraction of sp³-hybridized carbons (Fsp3) is 0.400. The molecule has 24 heavy (non-hydrogen) atoms. The molecule has 0 radical (unpaired) electrons. The quantitative estimate of drug-likeness (QED) is 0.588. The molecule has 2 aromatic rings. The van der Waals surface area contributed by atoms with E-state index in [9.17, 15) is 14.9 Å². The molecule has 0 atom stereocenters. The summed E-state index contributed by atoms with van der Waals surface area (Å²) >= 11 is 0. The Kier molecular flexibility index (Phi) is 5.46. The van der Waals surface area contributed by atoms with Crippen LogP contribution >= 0.6 is 0 Å². The molecule has 0 spiro atoms. The number of aromatic nitrogens is 3. The summed E-state index contributed by atoms with van der Waals surface area (Å²) in [6.45, 7) is 2.10. The van der Waals surface area contributed by atoms with Crippen LogP contribution < -0.4 is 10.2 Å². The fourth-order valence-electron chi connectivity index (χ4n) is 2.38. The third-order valence-corrected chi connectivity index (χ3v) is 3.44. The second kappa shape index (κ2) is 7.53. The van der Waals surface area contributed by atoms with Gasteiger partial charge in [-0.2, -0.15) is 5.10 Å². The van der Waals surface area contributed by atoms with Crippen LogP contribution in [0.25, 0.3) is 0 Å². The molecule has 128 valence electrons. The summed E-state index contributed by atoms with van der Waals surface area (Å²) in [4.78, 5) is 29.1. The molecule has 1 amide bonds. The van der Waals surface area contributed by atoms with Gasteiger partial charge in [0.05, 0.1) is 4.92 Å². The highest BCUT2D eigenvalue weighted by atomic mass is 16.6. The van der Waals surface area contributed by atoms with Crippen LogP contribution in [-0.4, -0.2) is 40.1 Å². The molecule has 0 unspecified atom stereocenters. The first-order valence-electron chi connectivity index (χ1n) is 7.56. The van der Waals surface area contributed by atoms with Gasteiger partial charge in [0.2, 0.25) is 5.69 Å². The topological polar surface area (TPSA) is 117 Å². The molecule has 0 aliphatic carbocycles. The van der Waals surface area contributed by atoms with Crippen LogP contribution in [0, 0.1) is 10.1 Å². The number of pyridine rings is 1. The first-order chi connectivity index (χ1) is 11.5. The van der Waals surface area contributed by atoms with Gasteiger partial charge in [0.15, 0.2) is 0 Å². The van der Waals surface area contributed by atoms with Crippen molar-refractivity contribution in [3.8, 4) is 0 Å². The average molecular weight is 332 g/mol. The van der Waals surface area contributed by atoms with Crippen LogP contribution in [0.1, 0.15) is 35.1 Å². The summed E-state index contributed by atoms with van der Waals surface area (Å²) in [6.07, 6.45) is 2.84. The molecule has 0 bridgehead atoms. The van der Waals surface area contributed by atoms with E-state index < -0.39 is 10.8 Å². The molecule has 2 heterocycles. The van der Waals surface area contributed by atoms with Crippen LogP contribution in [0.5, 0.6) is 0 Å². The van der Waals surface area contributed by atoms with Crippen molar-refractivity contribution in [2.45, 2.75) is 26.3 Å². The van der Waals surface area contributed by atoms with Crippen molar-refractivity contribution in [2.24, 2.45) is 0 Å². The van der Waals surface area contributed by atoms with Gasteiger partial charge in [0.25, 0.3) is 5.91 Å². The highest BCUT2D eigenvalue weighted by molar-refractivity contribution is 5.96. The van der Waals surface area contributed by atoms with E-state index in [1.54, 1.807) is 12.3 Å². The summed E-state index contributed by atoms with van der Waals surface area (Å²) in [7, 11) is 3.70. The lowest BCUT2D eigenvalue weighted by Crippen LogP contribution is -2.25. The van der Waals surface area contributed by atoms with E-state index in [4.69, 9.17) is 0 Å². The van der Waals surface area contributed by atoms with Crippen molar-refractivity contribution in [3.63, 3.8) is 0 Å². The van der Waals surface area contributed by atoms with Crippen LogP contribution in [0.4, 0.5) is 11.5 Å². The zero-order valence-corrected chi connectivity index (χ0v) is 13.9. The standard InChI is InChI=1S/C15H20N6O3/c1-4-6-11-13(21(23)24)12(19-18-11)15(22)17-9-10-7-5-8-16-14(10)20(2)3/h5,7-8H,4,6,9H2,1-3H3,(H,17,22)(H,18,19). The number of carbonyl (C=O) groups is 1. The number of carbonyl (C=O) groups excluding carboxylic acids is 1. The number of aryl methyl sites for hydroxylation is 1. The number of rotatable bonds is 7. The molecule has 2 rings (SSSR count). The van der Waals surface area contributed by atoms with E-state index in [2.05, 4.69) is 20.5 Å². The van der Waals surface area contributed by atoms with Gasteiger partial charge >= 0.3 is 5.69 Å². The Balaban J connectivity index is 2.18. The second-order valence-corrected chi connectivity index (χ2v) is 5.47. The van der Waals surface area contributed by atoms with Crippen molar-refractivity contribution in [3.05, 3.63) is 45.4 Å². The Labute approximate surface area is 139 Å². The number of nitrogens with one attached hydrogen (secondary N) is 2. The van der Waals surface area contributed by atoms with Gasteiger partial charge in [0.1, 0.15) is 11.5 Å². The van der Waals surface area contributed by atoms with E-state index in [-0.39, 0.29) is 17.9 Å². The number of hydrogen-bond acceptors (Lipinski definition) is 6. The maximum Gasteiger partial charge on any atom is 0.322 e. The van der Waals surface area contributed by atoms with Crippen LogP contribution in [0.2, 0.25) is 0 Å². The summed E-state index contributed by atoms with van der Waals surface area (Å²) in [6, 6.07) is 3.61. The van der Waals surface area contributed by atoms with E-state index >= 15 is 0 Å². The number of amides is 1. The third-order valence-electron chi connectivity index (χ3n) is 3.44. The molecule has 0 saturated carbocycles. The summed E-state index contributed by atoms with van der Waals surface area (Å²) < 4.78 is 0. The Morgan fingerprint density at radius 1 is 1.46 bits per heavy atom. The second-order valence-electron chi connectivity index (χ2n) is 5.47. The zero-order chi connectivity index (χ0) is 17.7. The molecule has 0 aliphatic rings. The molecule has 0 fully saturated rings. The van der Waals surface area contributed by atoms with Gasteiger partial charge in [-0.05, 0) is 12.5 Å². The molecular formula is C15H20N6O3. The minimum absolute atomic E-state index is 0.196. The van der Waals surface area contributed by atoms with Gasteiger partial charge in [-0.15, -0.1) is 0 Å². The van der Waals surface area contributed by atoms with E-state index in [0.717, 1.165) is 11.4 Å². The molecule has 2 aromatic heterocycles. The minimum Gasteiger partial charge on any atom is -0.362 e. The molecule has 9 heteroatoms. The summed E-state index contributed by atoms with van der Waals surface area (Å²) in [5, 5.41) is 20.3. The van der Waals surface area contributed by atoms with Crippen molar-refractivity contribution < 1.29 is 9.72 Å². The third kappa shape index (κ3) is 3.67. The van der Waals surface area contributed by atoms with Crippen LogP contribution in [0.15, 0.2) is 18.3 Å². The van der Waals surface area contributed by atoms with E-state index in [1.165, 1.54) is 0 Å². The number of aromatic amines is 1. The number of nitrogens with zero attached hydrogens (tertiary/aromatic N) is 4. The van der Waals surface area contributed by atoms with Crippen molar-refractivity contribution >= 4 is 17.4 Å². The van der Waals surface area contributed by atoms with Gasteiger partial charge in [-0.1, -0.05) is 19.4 Å². The first-order valence-corrected chi connectivity index (χ1v) is 7.56. The van der Waals surface area contributed by atoms with Crippen molar-refractivity contribution in [1.82, 2.24) is 20.5 Å². The van der Waals surface area contributed by atoms with Gasteiger partial charge in [0, 0.05) is 32.4 Å². The van der Waals surface area contributed by atoms with Crippen molar-refractivity contribution in [2.75, 3.05) is 19.0 Å². The van der Waals surface area contributed by atoms with Crippen LogP contribution in [0.3, 0.4) is 0 Å². The number of hydrogen-bond donors (Lipinski definition) is 2. The highest BCUT2D eigenvalue weighted by Gasteiger charge is 2.28. The maximum atomic E-state index is 12.3. The monoisotopic (exact) mass is 332 g/mol. The predicted molar refractivity (Wildman–Crippen MR) is 89.0 cm³/mol.